The van der Waals surface area contributed by atoms with E-state index in [4.69, 9.17) is 0 Å². The van der Waals surface area contributed by atoms with E-state index in [9.17, 15) is 9.59 Å². The van der Waals surface area contributed by atoms with Crippen molar-refractivity contribution in [3.8, 4) is 0 Å². The van der Waals surface area contributed by atoms with Crippen molar-refractivity contribution in [3.63, 3.8) is 0 Å². The molecule has 1 rings (SSSR count). The van der Waals surface area contributed by atoms with Crippen LogP contribution in [0.4, 0.5) is 0 Å². The lowest BCUT2D eigenvalue weighted by Crippen LogP contribution is -2.40. The molecule has 1 heterocycles. The maximum atomic E-state index is 12.1. The van der Waals surface area contributed by atoms with Crippen molar-refractivity contribution in [1.82, 2.24) is 15.5 Å². The summed E-state index contributed by atoms with van der Waals surface area (Å²) in [4.78, 5) is 25.1. The average Bonchev–Trinajstić information content (AvgIpc) is 2.88. The summed E-state index contributed by atoms with van der Waals surface area (Å²) in [7, 11) is 1.60. The lowest BCUT2D eigenvalue weighted by Gasteiger charge is -2.21. The Hall–Kier alpha value is -1.10. The fourth-order valence-electron chi connectivity index (χ4n) is 2.26. The van der Waals surface area contributed by atoms with Gasteiger partial charge in [-0.1, -0.05) is 6.92 Å². The largest absolute Gasteiger partial charge is 0.358 e. The molecule has 18 heavy (non-hydrogen) atoms. The van der Waals surface area contributed by atoms with E-state index in [1.807, 2.05) is 6.92 Å². The van der Waals surface area contributed by atoms with Crippen LogP contribution >= 0.6 is 0 Å². The molecule has 1 fully saturated rings. The maximum absolute atomic E-state index is 12.1. The van der Waals surface area contributed by atoms with Crippen LogP contribution in [0.15, 0.2) is 0 Å². The third kappa shape index (κ3) is 5.04. The van der Waals surface area contributed by atoms with Crippen LogP contribution in [0.2, 0.25) is 0 Å². The van der Waals surface area contributed by atoms with Crippen LogP contribution in [-0.2, 0) is 9.59 Å². The second-order valence-electron chi connectivity index (χ2n) is 4.89. The van der Waals surface area contributed by atoms with Gasteiger partial charge in [0.1, 0.15) is 0 Å². The molecular weight excluding hydrogens is 230 g/mol. The van der Waals surface area contributed by atoms with Gasteiger partial charge in [-0.2, -0.15) is 0 Å². The molecule has 104 valence electrons. The number of hydrogen-bond donors (Lipinski definition) is 2. The minimum Gasteiger partial charge on any atom is -0.358 e. The third-order valence-electron chi connectivity index (χ3n) is 3.39. The van der Waals surface area contributed by atoms with E-state index in [-0.39, 0.29) is 18.4 Å². The van der Waals surface area contributed by atoms with Crippen molar-refractivity contribution < 1.29 is 9.59 Å². The Balaban J connectivity index is 2.35. The van der Waals surface area contributed by atoms with Gasteiger partial charge in [0.05, 0.1) is 6.54 Å². The number of nitrogens with zero attached hydrogens (tertiary/aromatic N) is 1. The molecular formula is C13H25N3O2. The van der Waals surface area contributed by atoms with Gasteiger partial charge in [0.2, 0.25) is 11.8 Å². The Kier molecular flexibility index (Phi) is 6.72. The molecule has 5 nitrogen and oxygen atoms in total. The summed E-state index contributed by atoms with van der Waals surface area (Å²) in [6.45, 7) is 4.96. The zero-order valence-corrected chi connectivity index (χ0v) is 11.5. The highest BCUT2D eigenvalue weighted by molar-refractivity contribution is 5.84. The molecule has 5 heteroatoms. The SMILES string of the molecule is CCCN(CC(=O)NC)C(=O)CCC1CCNC1. The fourth-order valence-corrected chi connectivity index (χ4v) is 2.26. The van der Waals surface area contributed by atoms with Crippen molar-refractivity contribution in [3.05, 3.63) is 0 Å². The Bertz CT molecular complexity index is 275. The number of likely N-dealkylation sites (N-methyl/N-ethyl adjacent to an activating group) is 1. The third-order valence-corrected chi connectivity index (χ3v) is 3.39. The lowest BCUT2D eigenvalue weighted by atomic mass is 10.0. The van der Waals surface area contributed by atoms with E-state index in [2.05, 4.69) is 10.6 Å². The van der Waals surface area contributed by atoms with Gasteiger partial charge >= 0.3 is 0 Å². The first-order chi connectivity index (χ1) is 8.67. The standard InChI is InChI=1S/C13H25N3O2/c1-3-8-16(10-12(17)14-2)13(18)5-4-11-6-7-15-9-11/h11,15H,3-10H2,1-2H3,(H,14,17). The molecule has 1 aliphatic heterocycles. The highest BCUT2D eigenvalue weighted by Gasteiger charge is 2.19. The molecule has 1 aliphatic rings. The van der Waals surface area contributed by atoms with Gasteiger partial charge in [0, 0.05) is 20.0 Å². The zero-order chi connectivity index (χ0) is 13.4. The smallest absolute Gasteiger partial charge is 0.239 e. The van der Waals surface area contributed by atoms with Crippen LogP contribution in [0.25, 0.3) is 0 Å². The monoisotopic (exact) mass is 255 g/mol. The van der Waals surface area contributed by atoms with E-state index in [0.29, 0.717) is 18.9 Å². The molecule has 0 saturated carbocycles. The molecule has 2 N–H and O–H groups in total. The Morgan fingerprint density at radius 3 is 2.78 bits per heavy atom. The molecule has 1 unspecified atom stereocenters. The van der Waals surface area contributed by atoms with Gasteiger partial charge in [-0.15, -0.1) is 0 Å². The van der Waals surface area contributed by atoms with Crippen molar-refractivity contribution in [2.24, 2.45) is 5.92 Å². The maximum Gasteiger partial charge on any atom is 0.239 e. The van der Waals surface area contributed by atoms with Crippen LogP contribution in [0.1, 0.15) is 32.6 Å². The number of amides is 2. The van der Waals surface area contributed by atoms with Gasteiger partial charge in [0.15, 0.2) is 0 Å². The van der Waals surface area contributed by atoms with Crippen LogP contribution in [0, 0.1) is 5.92 Å². The predicted molar refractivity (Wildman–Crippen MR) is 71.1 cm³/mol. The van der Waals surface area contributed by atoms with Crippen LogP contribution in [-0.4, -0.2) is 49.9 Å². The summed E-state index contributed by atoms with van der Waals surface area (Å²) >= 11 is 0. The number of nitrogens with one attached hydrogen (secondary N) is 2. The molecule has 0 aromatic heterocycles. The summed E-state index contributed by atoms with van der Waals surface area (Å²) in [5.74, 6) is 0.629. The molecule has 0 aromatic carbocycles. The Morgan fingerprint density at radius 1 is 1.44 bits per heavy atom. The van der Waals surface area contributed by atoms with Gasteiger partial charge < -0.3 is 15.5 Å². The van der Waals surface area contributed by atoms with Crippen molar-refractivity contribution in [1.29, 1.82) is 0 Å². The quantitative estimate of drug-likeness (QED) is 0.690. The second-order valence-corrected chi connectivity index (χ2v) is 4.89. The predicted octanol–water partition coefficient (Wildman–Crippen LogP) is 0.361. The summed E-state index contributed by atoms with van der Waals surface area (Å²) in [6.07, 6.45) is 3.54. The summed E-state index contributed by atoms with van der Waals surface area (Å²) < 4.78 is 0. The molecule has 2 amide bonds. The Labute approximate surface area is 109 Å². The van der Waals surface area contributed by atoms with Crippen molar-refractivity contribution in [2.75, 3.05) is 33.2 Å². The molecule has 1 atom stereocenters. The van der Waals surface area contributed by atoms with Crippen LogP contribution in [0.5, 0.6) is 0 Å². The van der Waals surface area contributed by atoms with Gasteiger partial charge in [-0.25, -0.2) is 0 Å². The minimum atomic E-state index is -0.0978. The Morgan fingerprint density at radius 2 is 2.22 bits per heavy atom. The first kappa shape index (κ1) is 15.0. The van der Waals surface area contributed by atoms with E-state index in [0.717, 1.165) is 32.4 Å². The van der Waals surface area contributed by atoms with E-state index >= 15 is 0 Å². The summed E-state index contributed by atoms with van der Waals surface area (Å²) in [5, 5.41) is 5.87. The highest BCUT2D eigenvalue weighted by atomic mass is 16.2. The summed E-state index contributed by atoms with van der Waals surface area (Å²) in [6, 6.07) is 0. The normalized spacial score (nSPS) is 18.7. The number of rotatable bonds is 7. The van der Waals surface area contributed by atoms with Crippen LogP contribution in [0.3, 0.4) is 0 Å². The zero-order valence-electron chi connectivity index (χ0n) is 11.5. The van der Waals surface area contributed by atoms with E-state index < -0.39 is 0 Å². The molecule has 0 bridgehead atoms. The average molecular weight is 255 g/mol. The highest BCUT2D eigenvalue weighted by Crippen LogP contribution is 2.15. The van der Waals surface area contributed by atoms with Gasteiger partial charge in [-0.05, 0) is 38.3 Å². The first-order valence-electron chi connectivity index (χ1n) is 6.86. The number of hydrogen-bond acceptors (Lipinski definition) is 3. The van der Waals surface area contributed by atoms with Gasteiger partial charge in [0.25, 0.3) is 0 Å². The van der Waals surface area contributed by atoms with E-state index in [1.165, 1.54) is 0 Å². The molecule has 0 spiro atoms. The minimum absolute atomic E-state index is 0.0978. The first-order valence-corrected chi connectivity index (χ1v) is 6.86. The second kappa shape index (κ2) is 8.08. The van der Waals surface area contributed by atoms with Crippen molar-refractivity contribution in [2.45, 2.75) is 32.6 Å². The van der Waals surface area contributed by atoms with Crippen LogP contribution < -0.4 is 10.6 Å². The van der Waals surface area contributed by atoms with Gasteiger partial charge in [-0.3, -0.25) is 9.59 Å². The molecule has 0 aliphatic carbocycles. The molecule has 0 radical (unpaired) electrons. The van der Waals surface area contributed by atoms with Crippen molar-refractivity contribution >= 4 is 11.8 Å². The number of carbonyl (C=O) groups is 2. The van der Waals surface area contributed by atoms with E-state index in [1.54, 1.807) is 11.9 Å². The number of carbonyl (C=O) groups excluding carboxylic acids is 2. The topological polar surface area (TPSA) is 61.4 Å². The lowest BCUT2D eigenvalue weighted by molar-refractivity contribution is -0.136. The summed E-state index contributed by atoms with van der Waals surface area (Å²) in [5.41, 5.74) is 0. The molecule has 1 saturated heterocycles. The fraction of sp³-hybridized carbons (Fsp3) is 0.846. The molecule has 0 aromatic rings.